The molecule has 2 aromatic heterocycles. The summed E-state index contributed by atoms with van der Waals surface area (Å²) >= 11 is 1.62. The van der Waals surface area contributed by atoms with Crippen LogP contribution in [0, 0.1) is 11.8 Å². The number of aryl methyl sites for hydroxylation is 1. The standard InChI is InChI=1S/C32H40N4O5S/c1-19(2)40-25-14-23-22(13-24(25)39-6)9-10-36-28(23)27(26-8-7-11-42-26)33-29(36)30(37)34-15-20-12-21(16-34)18-35(17-20)31(38)41-32(3,4)5/h7-8,11,13-14,19-21H,9-10,12,15-18H2,1-6H3. The summed E-state index contributed by atoms with van der Waals surface area (Å²) in [6.45, 7) is 12.7. The minimum atomic E-state index is -0.531. The molecule has 2 unspecified atom stereocenters. The molecule has 3 aromatic rings. The molecule has 1 aromatic carbocycles. The third kappa shape index (κ3) is 5.48. The van der Waals surface area contributed by atoms with Crippen LogP contribution in [-0.4, -0.2) is 76.3 Å². The molecule has 3 aliphatic heterocycles. The molecular weight excluding hydrogens is 552 g/mol. The smallest absolute Gasteiger partial charge is 0.410 e. The number of ether oxygens (including phenoxy) is 3. The number of amides is 2. The molecule has 6 rings (SSSR count). The van der Waals surface area contributed by atoms with Gasteiger partial charge in [-0.25, -0.2) is 9.78 Å². The molecule has 0 N–H and O–H groups in total. The molecule has 2 fully saturated rings. The van der Waals surface area contributed by atoms with Crippen molar-refractivity contribution in [3.8, 4) is 33.3 Å². The number of rotatable bonds is 5. The van der Waals surface area contributed by atoms with Crippen LogP contribution in [0.25, 0.3) is 21.8 Å². The van der Waals surface area contributed by atoms with E-state index in [9.17, 15) is 9.59 Å². The minimum absolute atomic E-state index is 0.0100. The number of imidazole rings is 1. The maximum Gasteiger partial charge on any atom is 0.410 e. The van der Waals surface area contributed by atoms with Crippen LogP contribution in [0.4, 0.5) is 4.79 Å². The van der Waals surface area contributed by atoms with Crippen molar-refractivity contribution in [2.45, 2.75) is 65.7 Å². The summed E-state index contributed by atoms with van der Waals surface area (Å²) in [7, 11) is 1.66. The van der Waals surface area contributed by atoms with Crippen molar-refractivity contribution in [1.82, 2.24) is 19.4 Å². The number of thiophene rings is 1. The van der Waals surface area contributed by atoms with Gasteiger partial charge < -0.3 is 28.6 Å². The molecule has 0 aliphatic carbocycles. The minimum Gasteiger partial charge on any atom is -0.493 e. The zero-order chi connectivity index (χ0) is 29.8. The lowest BCUT2D eigenvalue weighted by molar-refractivity contribution is -0.00741. The fourth-order valence-electron chi connectivity index (χ4n) is 6.52. The Hall–Kier alpha value is -3.53. The van der Waals surface area contributed by atoms with Gasteiger partial charge in [-0.3, -0.25) is 4.79 Å². The normalized spacial score (nSPS) is 19.8. The summed E-state index contributed by atoms with van der Waals surface area (Å²) in [5.74, 6) is 2.25. The number of aromatic nitrogens is 2. The lowest BCUT2D eigenvalue weighted by Gasteiger charge is -2.45. The maximum absolute atomic E-state index is 14.2. The van der Waals surface area contributed by atoms with Crippen molar-refractivity contribution in [3.63, 3.8) is 0 Å². The van der Waals surface area contributed by atoms with Crippen LogP contribution < -0.4 is 9.47 Å². The molecule has 0 spiro atoms. The highest BCUT2D eigenvalue weighted by molar-refractivity contribution is 7.13. The number of piperidine rings is 2. The number of fused-ring (bicyclic) bond motifs is 5. The highest BCUT2D eigenvalue weighted by atomic mass is 32.1. The van der Waals surface area contributed by atoms with Gasteiger partial charge in [-0.15, -0.1) is 11.3 Å². The molecule has 2 bridgehead atoms. The SMILES string of the molecule is COc1cc2c(cc1OC(C)C)-c1c(-c3cccs3)nc(C(=O)N3CC4CC(CN(C(=O)OC(C)(C)C)C4)C3)n1CC2. The van der Waals surface area contributed by atoms with Crippen molar-refractivity contribution in [3.05, 3.63) is 41.0 Å². The zero-order valence-corrected chi connectivity index (χ0v) is 26.1. The fraction of sp³-hybridized carbons (Fsp3) is 0.531. The summed E-state index contributed by atoms with van der Waals surface area (Å²) in [4.78, 5) is 36.8. The predicted octanol–water partition coefficient (Wildman–Crippen LogP) is 5.96. The number of benzene rings is 1. The number of carbonyl (C=O) groups is 2. The monoisotopic (exact) mass is 592 g/mol. The van der Waals surface area contributed by atoms with Crippen LogP contribution in [0.3, 0.4) is 0 Å². The van der Waals surface area contributed by atoms with Gasteiger partial charge in [0.1, 0.15) is 11.3 Å². The Bertz CT molecular complexity index is 1480. The van der Waals surface area contributed by atoms with Crippen molar-refractivity contribution in [2.75, 3.05) is 33.3 Å². The highest BCUT2D eigenvalue weighted by Gasteiger charge is 2.40. The quantitative estimate of drug-likeness (QED) is 0.364. The molecule has 2 saturated heterocycles. The van der Waals surface area contributed by atoms with Gasteiger partial charge in [0, 0.05) is 38.3 Å². The Morgan fingerprint density at radius 2 is 1.76 bits per heavy atom. The summed E-state index contributed by atoms with van der Waals surface area (Å²) in [6, 6.07) is 8.18. The molecule has 0 saturated carbocycles. The second-order valence-corrected chi connectivity index (χ2v) is 13.8. The molecule has 10 heteroatoms. The first kappa shape index (κ1) is 28.6. The van der Waals surface area contributed by atoms with E-state index in [0.29, 0.717) is 50.0 Å². The molecule has 0 radical (unpaired) electrons. The largest absolute Gasteiger partial charge is 0.493 e. The van der Waals surface area contributed by atoms with E-state index in [1.54, 1.807) is 18.4 Å². The van der Waals surface area contributed by atoms with Gasteiger partial charge in [0.05, 0.1) is 23.8 Å². The van der Waals surface area contributed by atoms with Gasteiger partial charge in [-0.2, -0.15) is 0 Å². The number of methoxy groups -OCH3 is 1. The average molecular weight is 593 g/mol. The van der Waals surface area contributed by atoms with Gasteiger partial charge in [-0.05, 0) is 88.4 Å². The van der Waals surface area contributed by atoms with Gasteiger partial charge in [-0.1, -0.05) is 6.07 Å². The van der Waals surface area contributed by atoms with Crippen molar-refractivity contribution >= 4 is 23.3 Å². The van der Waals surface area contributed by atoms with E-state index in [1.165, 1.54) is 0 Å². The fourth-order valence-corrected chi connectivity index (χ4v) is 7.24. The third-order valence-electron chi connectivity index (χ3n) is 8.05. The molecule has 2 atom stereocenters. The van der Waals surface area contributed by atoms with Gasteiger partial charge >= 0.3 is 6.09 Å². The number of carbonyl (C=O) groups excluding carboxylic acids is 2. The van der Waals surface area contributed by atoms with E-state index < -0.39 is 5.60 Å². The second-order valence-electron chi connectivity index (χ2n) is 12.9. The zero-order valence-electron chi connectivity index (χ0n) is 25.3. The van der Waals surface area contributed by atoms with Crippen molar-refractivity contribution < 1.29 is 23.8 Å². The first-order valence-corrected chi connectivity index (χ1v) is 15.7. The molecule has 224 valence electrons. The van der Waals surface area contributed by atoms with Crippen LogP contribution in [-0.2, 0) is 17.7 Å². The van der Waals surface area contributed by atoms with Gasteiger partial charge in [0.25, 0.3) is 5.91 Å². The first-order valence-electron chi connectivity index (χ1n) is 14.8. The first-order chi connectivity index (χ1) is 20.0. The number of hydrogen-bond acceptors (Lipinski definition) is 7. The highest BCUT2D eigenvalue weighted by Crippen LogP contribution is 2.44. The summed E-state index contributed by atoms with van der Waals surface area (Å²) in [5.41, 5.74) is 3.42. The van der Waals surface area contributed by atoms with E-state index in [4.69, 9.17) is 19.2 Å². The predicted molar refractivity (Wildman–Crippen MR) is 162 cm³/mol. The van der Waals surface area contributed by atoms with Gasteiger partial charge in [0.15, 0.2) is 17.3 Å². The van der Waals surface area contributed by atoms with E-state index in [-0.39, 0.29) is 29.9 Å². The van der Waals surface area contributed by atoms with E-state index in [1.807, 2.05) is 61.9 Å². The number of hydrogen-bond donors (Lipinski definition) is 0. The van der Waals surface area contributed by atoms with Crippen LogP contribution in [0.15, 0.2) is 29.6 Å². The summed E-state index contributed by atoms with van der Waals surface area (Å²) < 4.78 is 19.5. The lowest BCUT2D eigenvalue weighted by atomic mass is 9.84. The average Bonchev–Trinajstić information content (AvgIpc) is 3.59. The van der Waals surface area contributed by atoms with Crippen LogP contribution in [0.5, 0.6) is 11.5 Å². The van der Waals surface area contributed by atoms with Crippen LogP contribution in [0.1, 0.15) is 57.2 Å². The number of likely N-dealkylation sites (tertiary alicyclic amines) is 2. The molecule has 5 heterocycles. The third-order valence-corrected chi connectivity index (χ3v) is 8.92. The maximum atomic E-state index is 14.2. The second kappa shape index (κ2) is 10.9. The van der Waals surface area contributed by atoms with Crippen LogP contribution >= 0.6 is 11.3 Å². The lowest BCUT2D eigenvalue weighted by Crippen LogP contribution is -2.56. The molecule has 9 nitrogen and oxygen atoms in total. The van der Waals surface area contributed by atoms with E-state index in [0.717, 1.165) is 40.2 Å². The topological polar surface area (TPSA) is 86.1 Å². The Morgan fingerprint density at radius 3 is 2.38 bits per heavy atom. The van der Waals surface area contributed by atoms with E-state index >= 15 is 0 Å². The summed E-state index contributed by atoms with van der Waals surface area (Å²) in [6.07, 6.45) is 1.49. The molecule has 3 aliphatic rings. The Morgan fingerprint density at radius 1 is 1.05 bits per heavy atom. The Kier molecular flexibility index (Phi) is 7.45. The van der Waals surface area contributed by atoms with Crippen LogP contribution in [0.2, 0.25) is 0 Å². The molecule has 2 amide bonds. The van der Waals surface area contributed by atoms with Gasteiger partial charge in [0.2, 0.25) is 0 Å². The van der Waals surface area contributed by atoms with E-state index in [2.05, 4.69) is 16.7 Å². The Labute approximate surface area is 251 Å². The number of nitrogens with zero attached hydrogens (tertiary/aromatic N) is 4. The van der Waals surface area contributed by atoms with Crippen molar-refractivity contribution in [1.29, 1.82) is 0 Å². The molecule has 42 heavy (non-hydrogen) atoms. The summed E-state index contributed by atoms with van der Waals surface area (Å²) in [5, 5.41) is 2.04. The van der Waals surface area contributed by atoms with Crippen molar-refractivity contribution in [2.24, 2.45) is 11.8 Å². The Balaban J connectivity index is 1.32. The molecular formula is C32H40N4O5S.